The number of hydrogen-bond acceptors (Lipinski definition) is 7. The maximum Gasteiger partial charge on any atom is 0.316 e. The third kappa shape index (κ3) is 10.5. The quantitative estimate of drug-likeness (QED) is 0.204. The molecule has 1 atom stereocenters. The summed E-state index contributed by atoms with van der Waals surface area (Å²) in [5, 5.41) is 7.81. The summed E-state index contributed by atoms with van der Waals surface area (Å²) in [5.41, 5.74) is 2.65. The van der Waals surface area contributed by atoms with E-state index in [-0.39, 0.29) is 12.7 Å². The van der Waals surface area contributed by atoms with E-state index in [2.05, 4.69) is 33.8 Å². The van der Waals surface area contributed by atoms with Crippen LogP contribution in [0.15, 0.2) is 47.0 Å². The lowest BCUT2D eigenvalue weighted by Crippen LogP contribution is -2.15. The van der Waals surface area contributed by atoms with Crippen molar-refractivity contribution in [1.29, 1.82) is 0 Å². The second-order valence-electron chi connectivity index (χ2n) is 8.08. The highest BCUT2D eigenvalue weighted by molar-refractivity contribution is 7.32. The van der Waals surface area contributed by atoms with Crippen molar-refractivity contribution in [2.45, 2.75) is 59.6 Å². The van der Waals surface area contributed by atoms with Gasteiger partial charge >= 0.3 is 8.25 Å². The molecule has 35 heavy (non-hydrogen) atoms. The molecule has 192 valence electrons. The summed E-state index contributed by atoms with van der Waals surface area (Å²) in [5.74, 6) is 1.49. The summed E-state index contributed by atoms with van der Waals surface area (Å²) >= 11 is 6.30. The maximum atomic E-state index is 10.5. The molecule has 1 aromatic heterocycles. The van der Waals surface area contributed by atoms with Crippen LogP contribution in [-0.4, -0.2) is 34.3 Å². The first-order valence-electron chi connectivity index (χ1n) is 11.8. The van der Waals surface area contributed by atoms with Gasteiger partial charge < -0.3 is 24.0 Å². The van der Waals surface area contributed by atoms with Gasteiger partial charge in [0.25, 0.3) is 5.89 Å². The SMILES string of the molecule is CC(C)Oc1ccc(-c2noc(-c3ccc(CNCCCO[PH](=O)O)cc3)n2)cc1Cl.CCCC. The van der Waals surface area contributed by atoms with E-state index in [1.807, 2.05) is 44.2 Å². The Hall–Kier alpha value is -2.22. The molecule has 2 N–H and O–H groups in total. The number of aromatic nitrogens is 2. The molecule has 1 heterocycles. The molecule has 0 spiro atoms. The number of nitrogens with zero attached hydrogens (tertiary/aromatic N) is 2. The lowest BCUT2D eigenvalue weighted by atomic mass is 10.1. The average molecular weight is 524 g/mol. The summed E-state index contributed by atoms with van der Waals surface area (Å²) in [7, 11) is -2.84. The predicted octanol–water partition coefficient (Wildman–Crippen LogP) is 6.53. The molecule has 0 saturated heterocycles. The molecule has 0 aliphatic rings. The van der Waals surface area contributed by atoms with Crippen molar-refractivity contribution in [1.82, 2.24) is 15.5 Å². The number of ether oxygens (including phenoxy) is 1. The van der Waals surface area contributed by atoms with Gasteiger partial charge in [-0.15, -0.1) is 0 Å². The molecular weight excluding hydrogens is 489 g/mol. The van der Waals surface area contributed by atoms with Crippen LogP contribution in [0.2, 0.25) is 5.02 Å². The summed E-state index contributed by atoms with van der Waals surface area (Å²) in [6.07, 6.45) is 3.33. The van der Waals surface area contributed by atoms with Gasteiger partial charge in [0.15, 0.2) is 0 Å². The van der Waals surface area contributed by atoms with Gasteiger partial charge in [-0.25, -0.2) is 0 Å². The number of rotatable bonds is 12. The number of nitrogens with one attached hydrogen (secondary N) is 1. The Morgan fingerprint density at radius 1 is 1.11 bits per heavy atom. The fourth-order valence-electron chi connectivity index (χ4n) is 2.80. The molecule has 0 fully saturated rings. The van der Waals surface area contributed by atoms with Gasteiger partial charge in [0.05, 0.1) is 17.7 Å². The van der Waals surface area contributed by atoms with Crippen LogP contribution in [0.25, 0.3) is 22.8 Å². The highest BCUT2D eigenvalue weighted by Gasteiger charge is 2.13. The van der Waals surface area contributed by atoms with E-state index in [0.717, 1.165) is 16.7 Å². The van der Waals surface area contributed by atoms with Crippen LogP contribution in [0.5, 0.6) is 5.75 Å². The fourth-order valence-corrected chi connectivity index (χ4v) is 3.35. The molecule has 8 nitrogen and oxygen atoms in total. The fraction of sp³-hybridized carbons (Fsp3) is 0.440. The minimum absolute atomic E-state index is 0.0336. The van der Waals surface area contributed by atoms with Crippen LogP contribution in [0, 0.1) is 0 Å². The largest absolute Gasteiger partial charge is 0.489 e. The normalized spacial score (nSPS) is 11.7. The average Bonchev–Trinajstić information content (AvgIpc) is 3.33. The molecule has 0 radical (unpaired) electrons. The second kappa shape index (κ2) is 15.7. The first-order valence-corrected chi connectivity index (χ1v) is 13.4. The smallest absolute Gasteiger partial charge is 0.316 e. The molecule has 0 saturated carbocycles. The van der Waals surface area contributed by atoms with Crippen LogP contribution < -0.4 is 10.1 Å². The van der Waals surface area contributed by atoms with E-state index in [9.17, 15) is 4.57 Å². The zero-order valence-electron chi connectivity index (χ0n) is 20.7. The Kier molecular flexibility index (Phi) is 13.0. The monoisotopic (exact) mass is 523 g/mol. The standard InChI is InChI=1S/C21H25ClN3O5P.C4H10/c1-14(2)29-19-9-8-17(12-18(19)22)20-24-21(30-25-20)16-6-4-15(5-7-16)13-23-10-3-11-28-31(26)27;1-3-4-2/h4-9,12,14,23,31H,3,10-11,13H2,1-2H3,(H,26,27);3-4H2,1-2H3. The second-order valence-corrected chi connectivity index (χ2v) is 9.30. The zero-order valence-corrected chi connectivity index (χ0v) is 22.5. The van der Waals surface area contributed by atoms with Crippen molar-refractivity contribution in [3.63, 3.8) is 0 Å². The van der Waals surface area contributed by atoms with Crippen LogP contribution in [-0.2, 0) is 15.6 Å². The lowest BCUT2D eigenvalue weighted by Gasteiger charge is -2.11. The van der Waals surface area contributed by atoms with Gasteiger partial charge in [-0.05, 0) is 62.7 Å². The van der Waals surface area contributed by atoms with E-state index < -0.39 is 8.25 Å². The van der Waals surface area contributed by atoms with Crippen molar-refractivity contribution in [2.75, 3.05) is 13.2 Å². The van der Waals surface area contributed by atoms with Gasteiger partial charge in [0.1, 0.15) is 5.75 Å². The van der Waals surface area contributed by atoms with Gasteiger partial charge in [-0.3, -0.25) is 4.57 Å². The van der Waals surface area contributed by atoms with Gasteiger partial charge in [-0.2, -0.15) is 4.98 Å². The Labute approximate surface area is 213 Å². The third-order valence-electron chi connectivity index (χ3n) is 4.73. The van der Waals surface area contributed by atoms with Crippen molar-refractivity contribution in [2.24, 2.45) is 0 Å². The number of halogens is 1. The highest BCUT2D eigenvalue weighted by atomic mass is 35.5. The molecule has 10 heteroatoms. The third-order valence-corrected chi connectivity index (χ3v) is 5.48. The number of benzene rings is 2. The number of hydrogen-bond donors (Lipinski definition) is 2. The van der Waals surface area contributed by atoms with E-state index in [1.54, 1.807) is 12.1 Å². The summed E-state index contributed by atoms with van der Waals surface area (Å²) < 4.78 is 26.2. The molecule has 0 amide bonds. The topological polar surface area (TPSA) is 107 Å². The van der Waals surface area contributed by atoms with Crippen LogP contribution in [0.1, 0.15) is 52.5 Å². The Morgan fingerprint density at radius 3 is 2.40 bits per heavy atom. The van der Waals surface area contributed by atoms with Crippen molar-refractivity contribution >= 4 is 19.9 Å². The molecular formula is C25H35ClN3O5P. The van der Waals surface area contributed by atoms with E-state index in [4.69, 9.17) is 25.8 Å². The molecule has 0 bridgehead atoms. The number of unbranched alkanes of at least 4 members (excludes halogenated alkanes) is 1. The lowest BCUT2D eigenvalue weighted by molar-refractivity contribution is 0.242. The predicted molar refractivity (Wildman–Crippen MR) is 140 cm³/mol. The molecule has 3 rings (SSSR count). The Balaban J connectivity index is 0.00000100. The van der Waals surface area contributed by atoms with Gasteiger partial charge in [-0.1, -0.05) is 55.6 Å². The summed E-state index contributed by atoms with van der Waals surface area (Å²) in [4.78, 5) is 13.1. The van der Waals surface area contributed by atoms with Gasteiger partial charge in [0, 0.05) is 17.7 Å². The summed E-state index contributed by atoms with van der Waals surface area (Å²) in [6, 6.07) is 13.2. The van der Waals surface area contributed by atoms with Gasteiger partial charge in [0.2, 0.25) is 5.82 Å². The van der Waals surface area contributed by atoms with Crippen LogP contribution in [0.4, 0.5) is 0 Å². The first kappa shape index (κ1) is 29.0. The van der Waals surface area contributed by atoms with Crippen LogP contribution in [0.3, 0.4) is 0 Å². The zero-order chi connectivity index (χ0) is 25.6. The minimum Gasteiger partial charge on any atom is -0.489 e. The Morgan fingerprint density at radius 2 is 1.80 bits per heavy atom. The molecule has 2 aromatic carbocycles. The Bertz CT molecular complexity index is 1040. The van der Waals surface area contributed by atoms with Crippen LogP contribution >= 0.6 is 19.9 Å². The molecule has 3 aromatic rings. The molecule has 0 aliphatic carbocycles. The molecule has 1 unspecified atom stereocenters. The molecule has 0 aliphatic heterocycles. The highest BCUT2D eigenvalue weighted by Crippen LogP contribution is 2.31. The maximum absolute atomic E-state index is 10.5. The van der Waals surface area contributed by atoms with E-state index in [1.165, 1.54) is 12.8 Å². The van der Waals surface area contributed by atoms with Crippen molar-refractivity contribution in [3.05, 3.63) is 53.1 Å². The van der Waals surface area contributed by atoms with E-state index in [0.29, 0.717) is 42.0 Å². The summed E-state index contributed by atoms with van der Waals surface area (Å²) in [6.45, 7) is 9.87. The minimum atomic E-state index is -2.84. The first-order chi connectivity index (χ1) is 16.8. The van der Waals surface area contributed by atoms with Crippen molar-refractivity contribution in [3.8, 4) is 28.6 Å². The van der Waals surface area contributed by atoms with E-state index >= 15 is 0 Å². The van der Waals surface area contributed by atoms with Crippen molar-refractivity contribution < 1.29 is 23.2 Å².